The highest BCUT2D eigenvalue weighted by Crippen LogP contribution is 2.40. The van der Waals surface area contributed by atoms with Crippen molar-refractivity contribution in [2.24, 2.45) is 5.41 Å². The van der Waals surface area contributed by atoms with E-state index in [4.69, 9.17) is 9.16 Å². The minimum Gasteiger partial charge on any atom is -0.548 e. The van der Waals surface area contributed by atoms with Crippen LogP contribution in [0, 0.1) is 5.41 Å². The lowest BCUT2D eigenvalue weighted by atomic mass is 9.74. The van der Waals surface area contributed by atoms with Crippen molar-refractivity contribution in [2.75, 3.05) is 6.61 Å². The fourth-order valence-electron chi connectivity index (χ4n) is 2.30. The molecule has 0 aromatic carbocycles. The molecule has 3 nitrogen and oxygen atoms in total. The molecule has 0 saturated carbocycles. The molecular formula is C14H26O3Si. The molecule has 4 heteroatoms. The Kier molecular flexibility index (Phi) is 5.02. The van der Waals surface area contributed by atoms with Crippen molar-refractivity contribution >= 4 is 14.3 Å². The Morgan fingerprint density at radius 1 is 1.39 bits per heavy atom. The molecule has 0 fully saturated rings. The Morgan fingerprint density at radius 3 is 2.44 bits per heavy atom. The molecule has 0 aliphatic heterocycles. The molecule has 104 valence electrons. The summed E-state index contributed by atoms with van der Waals surface area (Å²) in [7, 11) is -1.53. The summed E-state index contributed by atoms with van der Waals surface area (Å²) in [6.45, 7) is 10.9. The van der Waals surface area contributed by atoms with E-state index in [0.717, 1.165) is 31.4 Å². The molecule has 1 rings (SSSR count). The van der Waals surface area contributed by atoms with Crippen LogP contribution in [-0.2, 0) is 14.0 Å². The van der Waals surface area contributed by atoms with E-state index >= 15 is 0 Å². The molecule has 0 saturated heterocycles. The van der Waals surface area contributed by atoms with Crippen molar-refractivity contribution < 1.29 is 14.0 Å². The van der Waals surface area contributed by atoms with E-state index in [1.54, 1.807) is 0 Å². The summed E-state index contributed by atoms with van der Waals surface area (Å²) in [4.78, 5) is 12.1. The molecule has 18 heavy (non-hydrogen) atoms. The highest BCUT2D eigenvalue weighted by atomic mass is 28.4. The van der Waals surface area contributed by atoms with Crippen LogP contribution in [0.1, 0.15) is 39.5 Å². The molecule has 0 spiro atoms. The molecule has 1 atom stereocenters. The number of hydrogen-bond donors (Lipinski definition) is 0. The number of rotatable bonds is 5. The minimum atomic E-state index is -1.53. The summed E-state index contributed by atoms with van der Waals surface area (Å²) in [6.07, 6.45) is 5.39. The van der Waals surface area contributed by atoms with Gasteiger partial charge in [-0.1, -0.05) is 6.92 Å². The Labute approximate surface area is 112 Å². The largest absolute Gasteiger partial charge is 0.548 e. The molecule has 0 N–H and O–H groups in total. The summed E-state index contributed by atoms with van der Waals surface area (Å²) in [6, 6.07) is 0. The summed E-state index contributed by atoms with van der Waals surface area (Å²) < 4.78 is 11.2. The molecule has 1 aliphatic carbocycles. The van der Waals surface area contributed by atoms with Gasteiger partial charge in [0, 0.05) is 6.42 Å². The predicted octanol–water partition coefficient (Wildman–Crippen LogP) is 3.87. The third-order valence-electron chi connectivity index (χ3n) is 3.39. The van der Waals surface area contributed by atoms with Gasteiger partial charge in [-0.05, 0) is 51.9 Å². The molecule has 1 aliphatic rings. The van der Waals surface area contributed by atoms with Gasteiger partial charge in [-0.3, -0.25) is 4.79 Å². The Bertz CT molecular complexity index is 330. The molecule has 0 amide bonds. The molecular weight excluding hydrogens is 244 g/mol. The van der Waals surface area contributed by atoms with Crippen molar-refractivity contribution in [3.8, 4) is 0 Å². The standard InChI is InChI=1S/C14H26O3Si/c1-6-14(13(15)16-7-2)10-8-12(9-11-14)17-18(3,4)5/h8H,6-7,9-11H2,1-5H3. The van der Waals surface area contributed by atoms with E-state index in [9.17, 15) is 4.79 Å². The van der Waals surface area contributed by atoms with Crippen LogP contribution in [0.25, 0.3) is 0 Å². The first-order valence-corrected chi connectivity index (χ1v) is 10.3. The summed E-state index contributed by atoms with van der Waals surface area (Å²) >= 11 is 0. The molecule has 0 heterocycles. The molecule has 1 unspecified atom stereocenters. The first-order chi connectivity index (χ1) is 8.33. The maximum atomic E-state index is 12.1. The lowest BCUT2D eigenvalue weighted by Crippen LogP contribution is -2.35. The number of allylic oxidation sites excluding steroid dienone is 2. The highest BCUT2D eigenvalue weighted by molar-refractivity contribution is 6.70. The van der Waals surface area contributed by atoms with Crippen molar-refractivity contribution in [3.63, 3.8) is 0 Å². The zero-order valence-electron chi connectivity index (χ0n) is 12.3. The number of hydrogen-bond acceptors (Lipinski definition) is 3. The Balaban J connectivity index is 2.71. The quantitative estimate of drug-likeness (QED) is 0.562. The van der Waals surface area contributed by atoms with Crippen LogP contribution in [-0.4, -0.2) is 20.9 Å². The van der Waals surface area contributed by atoms with Crippen molar-refractivity contribution in [2.45, 2.75) is 59.2 Å². The van der Waals surface area contributed by atoms with Gasteiger partial charge in [0.25, 0.3) is 0 Å². The fourth-order valence-corrected chi connectivity index (χ4v) is 3.27. The summed E-state index contributed by atoms with van der Waals surface area (Å²) in [5.41, 5.74) is -0.317. The monoisotopic (exact) mass is 270 g/mol. The van der Waals surface area contributed by atoms with Crippen LogP contribution in [0.4, 0.5) is 0 Å². The van der Waals surface area contributed by atoms with Crippen LogP contribution in [0.15, 0.2) is 11.8 Å². The van der Waals surface area contributed by atoms with Gasteiger partial charge in [-0.15, -0.1) is 0 Å². The van der Waals surface area contributed by atoms with Crippen molar-refractivity contribution in [3.05, 3.63) is 11.8 Å². The maximum Gasteiger partial charge on any atom is 0.312 e. The Hall–Kier alpha value is -0.773. The third-order valence-corrected chi connectivity index (χ3v) is 4.27. The second kappa shape index (κ2) is 5.91. The van der Waals surface area contributed by atoms with Gasteiger partial charge in [-0.25, -0.2) is 0 Å². The third kappa shape index (κ3) is 3.87. The number of esters is 1. The van der Waals surface area contributed by atoms with Gasteiger partial charge < -0.3 is 9.16 Å². The first-order valence-electron chi connectivity index (χ1n) is 6.88. The maximum absolute atomic E-state index is 12.1. The second-order valence-electron chi connectivity index (χ2n) is 5.94. The predicted molar refractivity (Wildman–Crippen MR) is 75.7 cm³/mol. The van der Waals surface area contributed by atoms with E-state index in [1.165, 1.54) is 0 Å². The van der Waals surface area contributed by atoms with Crippen LogP contribution in [0.2, 0.25) is 19.6 Å². The average Bonchev–Trinajstić information content (AvgIpc) is 2.28. The Morgan fingerprint density at radius 2 is 2.06 bits per heavy atom. The minimum absolute atomic E-state index is 0.0456. The van der Waals surface area contributed by atoms with E-state index in [1.807, 2.05) is 6.92 Å². The van der Waals surface area contributed by atoms with Crippen molar-refractivity contribution in [1.82, 2.24) is 0 Å². The van der Waals surface area contributed by atoms with Gasteiger partial charge in [0.05, 0.1) is 17.8 Å². The van der Waals surface area contributed by atoms with E-state index < -0.39 is 8.32 Å². The topological polar surface area (TPSA) is 35.5 Å². The van der Waals surface area contributed by atoms with Gasteiger partial charge in [-0.2, -0.15) is 0 Å². The van der Waals surface area contributed by atoms with E-state index in [-0.39, 0.29) is 11.4 Å². The molecule has 0 aromatic rings. The van der Waals surface area contributed by atoms with E-state index in [2.05, 4.69) is 32.6 Å². The number of carbonyl (C=O) groups is 1. The molecule has 0 bridgehead atoms. The summed E-state index contributed by atoms with van der Waals surface area (Å²) in [5, 5.41) is 0. The van der Waals surface area contributed by atoms with E-state index in [0.29, 0.717) is 6.61 Å². The number of ether oxygens (including phenoxy) is 1. The number of carbonyl (C=O) groups excluding carboxylic acids is 1. The zero-order valence-corrected chi connectivity index (χ0v) is 13.3. The van der Waals surface area contributed by atoms with Gasteiger partial charge in [0.2, 0.25) is 8.32 Å². The SMILES string of the molecule is CCOC(=O)C1(CC)CC=C(O[Si](C)(C)C)CC1. The van der Waals surface area contributed by atoms with Gasteiger partial charge >= 0.3 is 5.97 Å². The van der Waals surface area contributed by atoms with Crippen LogP contribution >= 0.6 is 0 Å². The average molecular weight is 270 g/mol. The highest BCUT2D eigenvalue weighted by Gasteiger charge is 2.39. The normalized spacial score (nSPS) is 24.4. The van der Waals surface area contributed by atoms with Gasteiger partial charge in [0.15, 0.2) is 0 Å². The van der Waals surface area contributed by atoms with Crippen molar-refractivity contribution in [1.29, 1.82) is 0 Å². The molecule has 0 radical (unpaired) electrons. The zero-order chi connectivity index (χ0) is 13.8. The van der Waals surface area contributed by atoms with Gasteiger partial charge in [0.1, 0.15) is 0 Å². The lowest BCUT2D eigenvalue weighted by Gasteiger charge is -2.34. The van der Waals surface area contributed by atoms with Crippen LogP contribution < -0.4 is 0 Å². The first kappa shape index (κ1) is 15.3. The second-order valence-corrected chi connectivity index (χ2v) is 10.4. The molecule has 0 aromatic heterocycles. The summed E-state index contributed by atoms with van der Waals surface area (Å²) in [5.74, 6) is 1.03. The fraction of sp³-hybridized carbons (Fsp3) is 0.786. The smallest absolute Gasteiger partial charge is 0.312 e. The lowest BCUT2D eigenvalue weighted by molar-refractivity contribution is -0.156. The van der Waals surface area contributed by atoms with Crippen LogP contribution in [0.3, 0.4) is 0 Å². The van der Waals surface area contributed by atoms with Crippen LogP contribution in [0.5, 0.6) is 0 Å².